The Balaban J connectivity index is 1.66. The number of aromatic nitrogens is 2. The maximum atomic E-state index is 4.57. The summed E-state index contributed by atoms with van der Waals surface area (Å²) in [6, 6.07) is 1.23. The Morgan fingerprint density at radius 2 is 2.05 bits per heavy atom. The normalized spacial score (nSPS) is 25.8. The molecular formula is C16H28N4. The zero-order valence-electron chi connectivity index (χ0n) is 12.7. The summed E-state index contributed by atoms with van der Waals surface area (Å²) in [7, 11) is 0. The van der Waals surface area contributed by atoms with Gasteiger partial charge in [-0.15, -0.1) is 0 Å². The van der Waals surface area contributed by atoms with Crippen LogP contribution < -0.4 is 5.32 Å². The van der Waals surface area contributed by atoms with Crippen LogP contribution >= 0.6 is 0 Å². The Morgan fingerprint density at radius 1 is 1.20 bits per heavy atom. The van der Waals surface area contributed by atoms with E-state index in [9.17, 15) is 0 Å². The maximum absolute atomic E-state index is 4.57. The third-order valence-corrected chi connectivity index (χ3v) is 4.93. The molecule has 1 aliphatic heterocycles. The topological polar surface area (TPSA) is 33.1 Å². The molecule has 1 aromatic rings. The second-order valence-corrected chi connectivity index (χ2v) is 6.33. The molecule has 0 amide bonds. The number of imidazole rings is 1. The minimum Gasteiger partial charge on any atom is -0.353 e. The lowest BCUT2D eigenvalue weighted by atomic mass is 9.96. The van der Waals surface area contributed by atoms with Crippen LogP contribution in [0.25, 0.3) is 0 Å². The first kappa shape index (κ1) is 13.9. The van der Waals surface area contributed by atoms with E-state index in [0.717, 1.165) is 12.5 Å². The van der Waals surface area contributed by atoms with Crippen molar-refractivity contribution in [2.45, 2.75) is 64.0 Å². The summed E-state index contributed by atoms with van der Waals surface area (Å²) in [4.78, 5) is 7.12. The fourth-order valence-electron chi connectivity index (χ4n) is 3.69. The lowest BCUT2D eigenvalue weighted by Gasteiger charge is -2.34. The largest absolute Gasteiger partial charge is 0.353 e. The number of rotatable bonds is 4. The monoisotopic (exact) mass is 276 g/mol. The van der Waals surface area contributed by atoms with E-state index in [0.29, 0.717) is 12.1 Å². The van der Waals surface area contributed by atoms with Crippen LogP contribution in [0.3, 0.4) is 0 Å². The van der Waals surface area contributed by atoms with Gasteiger partial charge < -0.3 is 14.8 Å². The molecule has 4 heteroatoms. The van der Waals surface area contributed by atoms with E-state index in [2.05, 4.69) is 32.9 Å². The molecule has 2 fully saturated rings. The fraction of sp³-hybridized carbons (Fsp3) is 0.812. The fourth-order valence-corrected chi connectivity index (χ4v) is 3.69. The average molecular weight is 276 g/mol. The van der Waals surface area contributed by atoms with Gasteiger partial charge in [-0.3, -0.25) is 0 Å². The van der Waals surface area contributed by atoms with Gasteiger partial charge in [0, 0.05) is 31.0 Å². The van der Waals surface area contributed by atoms with E-state index >= 15 is 0 Å². The molecule has 0 aromatic carbocycles. The molecule has 1 saturated carbocycles. The smallest absolute Gasteiger partial charge is 0.203 e. The molecule has 3 rings (SSSR count). The third-order valence-electron chi connectivity index (χ3n) is 4.93. The van der Waals surface area contributed by atoms with Gasteiger partial charge in [-0.05, 0) is 38.8 Å². The SMILES string of the molecule is CCN1CCCC(n2ccnc2NC2CCCCC2)C1. The molecule has 20 heavy (non-hydrogen) atoms. The highest BCUT2D eigenvalue weighted by Gasteiger charge is 2.23. The number of hydrogen-bond donors (Lipinski definition) is 1. The molecule has 0 spiro atoms. The number of likely N-dealkylation sites (N-methyl/N-ethyl adjacent to an activating group) is 1. The van der Waals surface area contributed by atoms with Crippen LogP contribution in [-0.2, 0) is 0 Å². The van der Waals surface area contributed by atoms with E-state index in [1.807, 2.05) is 6.20 Å². The van der Waals surface area contributed by atoms with Gasteiger partial charge in [0.1, 0.15) is 0 Å². The molecule has 0 radical (unpaired) electrons. The van der Waals surface area contributed by atoms with Crippen LogP contribution in [-0.4, -0.2) is 40.1 Å². The zero-order chi connectivity index (χ0) is 13.8. The van der Waals surface area contributed by atoms with Crippen molar-refractivity contribution in [3.05, 3.63) is 12.4 Å². The van der Waals surface area contributed by atoms with Gasteiger partial charge in [0.15, 0.2) is 0 Å². The predicted octanol–water partition coefficient (Wildman–Crippen LogP) is 3.28. The molecule has 1 saturated heterocycles. The summed E-state index contributed by atoms with van der Waals surface area (Å²) in [5.74, 6) is 1.10. The summed E-state index contributed by atoms with van der Waals surface area (Å²) in [6.45, 7) is 5.85. The number of nitrogens with zero attached hydrogens (tertiary/aromatic N) is 3. The van der Waals surface area contributed by atoms with Crippen molar-refractivity contribution in [2.75, 3.05) is 25.0 Å². The first-order chi connectivity index (χ1) is 9.86. The molecule has 1 unspecified atom stereocenters. The first-order valence-corrected chi connectivity index (χ1v) is 8.38. The van der Waals surface area contributed by atoms with E-state index in [4.69, 9.17) is 0 Å². The highest BCUT2D eigenvalue weighted by atomic mass is 15.3. The molecule has 1 N–H and O–H groups in total. The van der Waals surface area contributed by atoms with Gasteiger partial charge in [-0.25, -0.2) is 4.98 Å². The van der Waals surface area contributed by atoms with Gasteiger partial charge in [-0.2, -0.15) is 0 Å². The van der Waals surface area contributed by atoms with Gasteiger partial charge in [-0.1, -0.05) is 26.2 Å². The molecule has 1 atom stereocenters. The van der Waals surface area contributed by atoms with E-state index < -0.39 is 0 Å². The molecule has 2 aliphatic rings. The minimum atomic E-state index is 0.595. The minimum absolute atomic E-state index is 0.595. The molecule has 4 nitrogen and oxygen atoms in total. The van der Waals surface area contributed by atoms with Crippen molar-refractivity contribution < 1.29 is 0 Å². The van der Waals surface area contributed by atoms with Crippen molar-refractivity contribution in [3.8, 4) is 0 Å². The Labute approximate surface area is 122 Å². The lowest BCUT2D eigenvalue weighted by molar-refractivity contribution is 0.186. The Hall–Kier alpha value is -1.03. The van der Waals surface area contributed by atoms with Crippen molar-refractivity contribution >= 4 is 5.95 Å². The molecule has 1 aromatic heterocycles. The standard InChI is InChI=1S/C16H28N4/c1-2-19-11-6-9-15(13-19)20-12-10-17-16(20)18-14-7-4-3-5-8-14/h10,12,14-15H,2-9,11,13H2,1H3,(H,17,18). The molecule has 0 bridgehead atoms. The predicted molar refractivity (Wildman–Crippen MR) is 83.1 cm³/mol. The number of hydrogen-bond acceptors (Lipinski definition) is 3. The van der Waals surface area contributed by atoms with Crippen molar-refractivity contribution in [2.24, 2.45) is 0 Å². The van der Waals surface area contributed by atoms with E-state index in [1.54, 1.807) is 0 Å². The van der Waals surface area contributed by atoms with Crippen molar-refractivity contribution in [3.63, 3.8) is 0 Å². The van der Waals surface area contributed by atoms with Gasteiger partial charge in [0.05, 0.1) is 0 Å². The number of anilines is 1. The van der Waals surface area contributed by atoms with Crippen LogP contribution in [0.4, 0.5) is 5.95 Å². The third kappa shape index (κ3) is 3.17. The number of likely N-dealkylation sites (tertiary alicyclic amines) is 1. The number of nitrogens with one attached hydrogen (secondary N) is 1. The van der Waals surface area contributed by atoms with Crippen molar-refractivity contribution in [1.29, 1.82) is 0 Å². The van der Waals surface area contributed by atoms with E-state index in [-0.39, 0.29) is 0 Å². The molecule has 1 aliphatic carbocycles. The summed E-state index contributed by atoms with van der Waals surface area (Å²) in [5, 5.41) is 3.69. The average Bonchev–Trinajstić information content (AvgIpc) is 2.96. The Bertz CT molecular complexity index is 408. The highest BCUT2D eigenvalue weighted by Crippen LogP contribution is 2.26. The maximum Gasteiger partial charge on any atom is 0.203 e. The second-order valence-electron chi connectivity index (χ2n) is 6.33. The van der Waals surface area contributed by atoms with Crippen LogP contribution in [0.15, 0.2) is 12.4 Å². The zero-order valence-corrected chi connectivity index (χ0v) is 12.7. The first-order valence-electron chi connectivity index (χ1n) is 8.38. The molecule has 112 valence electrons. The van der Waals surface area contributed by atoms with Gasteiger partial charge >= 0.3 is 0 Å². The second kappa shape index (κ2) is 6.61. The lowest BCUT2D eigenvalue weighted by Crippen LogP contribution is -2.37. The highest BCUT2D eigenvalue weighted by molar-refractivity contribution is 5.28. The van der Waals surface area contributed by atoms with Crippen LogP contribution in [0.2, 0.25) is 0 Å². The summed E-state index contributed by atoms with van der Waals surface area (Å²) in [6.07, 6.45) is 13.4. The molecular weight excluding hydrogens is 248 g/mol. The van der Waals surface area contributed by atoms with Gasteiger partial charge in [0.2, 0.25) is 5.95 Å². The Kier molecular flexibility index (Phi) is 4.61. The summed E-state index contributed by atoms with van der Waals surface area (Å²) < 4.78 is 2.39. The summed E-state index contributed by atoms with van der Waals surface area (Å²) >= 11 is 0. The quantitative estimate of drug-likeness (QED) is 0.916. The van der Waals surface area contributed by atoms with E-state index in [1.165, 1.54) is 58.0 Å². The van der Waals surface area contributed by atoms with Crippen molar-refractivity contribution in [1.82, 2.24) is 14.5 Å². The summed E-state index contributed by atoms with van der Waals surface area (Å²) in [5.41, 5.74) is 0. The van der Waals surface area contributed by atoms with Crippen LogP contribution in [0.5, 0.6) is 0 Å². The van der Waals surface area contributed by atoms with Gasteiger partial charge in [0.25, 0.3) is 0 Å². The molecule has 2 heterocycles. The Morgan fingerprint density at radius 3 is 2.85 bits per heavy atom. The van der Waals surface area contributed by atoms with Crippen LogP contribution in [0, 0.1) is 0 Å². The number of piperidine rings is 1. The van der Waals surface area contributed by atoms with Crippen LogP contribution in [0.1, 0.15) is 57.9 Å².